The minimum Gasteiger partial charge on any atom is -0.207 e. The van der Waals surface area contributed by atoms with Gasteiger partial charge in [0.1, 0.15) is 5.82 Å². The van der Waals surface area contributed by atoms with Gasteiger partial charge in [-0.25, -0.2) is 4.39 Å². The second-order valence-electron chi connectivity index (χ2n) is 3.82. The Morgan fingerprint density at radius 2 is 1.82 bits per heavy atom. The fourth-order valence-corrected chi connectivity index (χ4v) is 3.74. The molecular formula is C14H11BrFI. The van der Waals surface area contributed by atoms with Gasteiger partial charge in [-0.3, -0.25) is 0 Å². The molecule has 2 aromatic carbocycles. The molecule has 0 aliphatic rings. The fraction of sp³-hybridized carbons (Fsp3) is 0.143. The number of benzene rings is 2. The van der Waals surface area contributed by atoms with Crippen LogP contribution in [0.1, 0.15) is 16.0 Å². The minimum absolute atomic E-state index is 0.183. The highest BCUT2D eigenvalue weighted by atomic mass is 127. The molecule has 17 heavy (non-hydrogen) atoms. The summed E-state index contributed by atoms with van der Waals surface area (Å²) in [4.78, 5) is 0.220. The minimum atomic E-state index is -0.183. The molecule has 3 heteroatoms. The van der Waals surface area contributed by atoms with E-state index >= 15 is 0 Å². The van der Waals surface area contributed by atoms with Gasteiger partial charge in [-0.15, -0.1) is 0 Å². The normalized spacial score (nSPS) is 12.4. The molecule has 88 valence electrons. The van der Waals surface area contributed by atoms with Crippen molar-refractivity contribution in [3.8, 4) is 0 Å². The lowest BCUT2D eigenvalue weighted by atomic mass is 10.0. The molecule has 0 radical (unpaired) electrons. The molecule has 1 unspecified atom stereocenters. The van der Waals surface area contributed by atoms with E-state index in [9.17, 15) is 4.39 Å². The maximum absolute atomic E-state index is 13.0. The molecule has 0 amide bonds. The van der Waals surface area contributed by atoms with E-state index < -0.39 is 0 Å². The molecule has 2 rings (SSSR count). The monoisotopic (exact) mass is 404 g/mol. The quantitative estimate of drug-likeness (QED) is 0.492. The average molecular weight is 405 g/mol. The van der Waals surface area contributed by atoms with Gasteiger partial charge >= 0.3 is 0 Å². The van der Waals surface area contributed by atoms with Crippen LogP contribution in [-0.4, -0.2) is 0 Å². The zero-order chi connectivity index (χ0) is 12.3. The van der Waals surface area contributed by atoms with Crippen LogP contribution >= 0.6 is 38.5 Å². The van der Waals surface area contributed by atoms with E-state index in [1.165, 1.54) is 11.6 Å². The first-order chi connectivity index (χ1) is 8.16. The lowest BCUT2D eigenvalue weighted by molar-refractivity contribution is 0.625. The average Bonchev–Trinajstić information content (AvgIpc) is 2.30. The largest absolute Gasteiger partial charge is 0.207 e. The van der Waals surface area contributed by atoms with E-state index in [0.717, 1.165) is 15.6 Å². The molecule has 0 fully saturated rings. The molecule has 0 aromatic heterocycles. The first kappa shape index (κ1) is 13.0. The Labute approximate surface area is 123 Å². The summed E-state index contributed by atoms with van der Waals surface area (Å²) in [5.74, 6) is -0.183. The van der Waals surface area contributed by atoms with Crippen molar-refractivity contribution < 1.29 is 4.39 Å². The van der Waals surface area contributed by atoms with Crippen molar-refractivity contribution in [2.75, 3.05) is 0 Å². The summed E-state index contributed by atoms with van der Waals surface area (Å²) in [6, 6.07) is 15.2. The lowest BCUT2D eigenvalue weighted by Crippen LogP contribution is -1.98. The summed E-state index contributed by atoms with van der Waals surface area (Å²) in [6.07, 6.45) is 0.905. The third kappa shape index (κ3) is 3.52. The van der Waals surface area contributed by atoms with Crippen LogP contribution < -0.4 is 0 Å². The Balaban J connectivity index is 2.17. The summed E-state index contributed by atoms with van der Waals surface area (Å²) in [5, 5.41) is 0. The van der Waals surface area contributed by atoms with Crippen LogP contribution in [0.3, 0.4) is 0 Å². The van der Waals surface area contributed by atoms with Crippen LogP contribution in [0.2, 0.25) is 0 Å². The lowest BCUT2D eigenvalue weighted by Gasteiger charge is -2.12. The van der Waals surface area contributed by atoms with Crippen LogP contribution in [0.5, 0.6) is 0 Å². The second-order valence-corrected chi connectivity index (χ2v) is 6.09. The molecule has 0 saturated heterocycles. The molecule has 0 N–H and O–H groups in total. The predicted octanol–water partition coefficient (Wildman–Crippen LogP) is 5.11. The number of alkyl halides is 1. The van der Waals surface area contributed by atoms with Crippen LogP contribution in [0.15, 0.2) is 48.5 Å². The first-order valence-electron chi connectivity index (χ1n) is 5.30. The first-order valence-corrected chi connectivity index (χ1v) is 7.29. The number of hydrogen-bond acceptors (Lipinski definition) is 0. The Morgan fingerprint density at radius 1 is 1.12 bits per heavy atom. The van der Waals surface area contributed by atoms with Crippen molar-refractivity contribution in [1.29, 1.82) is 0 Å². The van der Waals surface area contributed by atoms with Crippen molar-refractivity contribution in [2.45, 2.75) is 11.2 Å². The van der Waals surface area contributed by atoms with Gasteiger partial charge in [0, 0.05) is 8.40 Å². The standard InChI is InChI=1S/C14H11BrFI/c15-13(8-10-4-2-1-3-5-10)12-7-6-11(16)9-14(12)17/h1-7,9,13H,8H2. The SMILES string of the molecule is Fc1ccc(C(Br)Cc2ccccc2)c(I)c1. The van der Waals surface area contributed by atoms with Crippen molar-refractivity contribution in [1.82, 2.24) is 0 Å². The van der Waals surface area contributed by atoms with E-state index in [1.807, 2.05) is 24.3 Å². The van der Waals surface area contributed by atoms with Crippen LogP contribution in [0.25, 0.3) is 0 Å². The molecule has 0 aliphatic heterocycles. The van der Waals surface area contributed by atoms with Gasteiger partial charge in [0.15, 0.2) is 0 Å². The molecule has 0 bridgehead atoms. The summed E-state index contributed by atoms with van der Waals surface area (Å²) in [7, 11) is 0. The van der Waals surface area contributed by atoms with Crippen molar-refractivity contribution in [2.24, 2.45) is 0 Å². The second kappa shape index (κ2) is 5.96. The van der Waals surface area contributed by atoms with E-state index in [-0.39, 0.29) is 10.6 Å². The number of halogens is 3. The van der Waals surface area contributed by atoms with Crippen LogP contribution in [-0.2, 0) is 6.42 Å². The van der Waals surface area contributed by atoms with Crippen LogP contribution in [0, 0.1) is 9.39 Å². The molecule has 0 saturated carbocycles. The van der Waals surface area contributed by atoms with Crippen LogP contribution in [0.4, 0.5) is 4.39 Å². The summed E-state index contributed by atoms with van der Waals surface area (Å²) in [6.45, 7) is 0. The molecule has 0 heterocycles. The Morgan fingerprint density at radius 3 is 2.47 bits per heavy atom. The van der Waals surface area contributed by atoms with Gasteiger partial charge in [-0.1, -0.05) is 52.3 Å². The summed E-state index contributed by atoms with van der Waals surface area (Å²) in [5.41, 5.74) is 2.41. The van der Waals surface area contributed by atoms with Gasteiger partial charge in [-0.05, 0) is 52.3 Å². The molecular weight excluding hydrogens is 394 g/mol. The molecule has 1 atom stereocenters. The molecule has 2 aromatic rings. The van der Waals surface area contributed by atoms with Crippen molar-refractivity contribution in [3.05, 3.63) is 69.0 Å². The third-order valence-corrected chi connectivity index (χ3v) is 4.31. The van der Waals surface area contributed by atoms with E-state index in [4.69, 9.17) is 0 Å². The highest BCUT2D eigenvalue weighted by molar-refractivity contribution is 14.1. The van der Waals surface area contributed by atoms with Gasteiger partial charge in [0.25, 0.3) is 0 Å². The highest BCUT2D eigenvalue weighted by Gasteiger charge is 2.12. The molecule has 0 spiro atoms. The summed E-state index contributed by atoms with van der Waals surface area (Å²) >= 11 is 5.84. The van der Waals surface area contributed by atoms with Gasteiger partial charge in [0.2, 0.25) is 0 Å². The smallest absolute Gasteiger partial charge is 0.124 e. The zero-order valence-electron chi connectivity index (χ0n) is 9.04. The van der Waals surface area contributed by atoms with Gasteiger partial charge in [-0.2, -0.15) is 0 Å². The van der Waals surface area contributed by atoms with Gasteiger partial charge < -0.3 is 0 Å². The Hall–Kier alpha value is -0.420. The van der Waals surface area contributed by atoms with E-state index in [2.05, 4.69) is 50.7 Å². The number of hydrogen-bond donors (Lipinski definition) is 0. The fourth-order valence-electron chi connectivity index (χ4n) is 1.69. The van der Waals surface area contributed by atoms with E-state index in [1.54, 1.807) is 6.07 Å². The maximum atomic E-state index is 13.0. The zero-order valence-corrected chi connectivity index (χ0v) is 12.8. The summed E-state index contributed by atoms with van der Waals surface area (Å²) < 4.78 is 14.0. The molecule has 0 nitrogen and oxygen atoms in total. The highest BCUT2D eigenvalue weighted by Crippen LogP contribution is 2.30. The topological polar surface area (TPSA) is 0 Å². The van der Waals surface area contributed by atoms with Crippen molar-refractivity contribution in [3.63, 3.8) is 0 Å². The van der Waals surface area contributed by atoms with Gasteiger partial charge in [0.05, 0.1) is 0 Å². The predicted molar refractivity (Wildman–Crippen MR) is 80.9 cm³/mol. The molecule has 0 aliphatic carbocycles. The maximum Gasteiger partial charge on any atom is 0.124 e. The van der Waals surface area contributed by atoms with Crippen molar-refractivity contribution >= 4 is 38.5 Å². The number of rotatable bonds is 3. The Kier molecular flexibility index (Phi) is 4.56. The van der Waals surface area contributed by atoms with E-state index in [0.29, 0.717) is 0 Å². The third-order valence-electron chi connectivity index (χ3n) is 2.56. The Bertz CT molecular complexity index is 499.